The fourth-order valence-electron chi connectivity index (χ4n) is 4.53. The molecule has 32 heavy (non-hydrogen) atoms. The molecule has 6 nitrogen and oxygen atoms in total. The van der Waals surface area contributed by atoms with E-state index in [0.717, 1.165) is 49.7 Å². The van der Waals surface area contributed by atoms with Gasteiger partial charge in [0.2, 0.25) is 0 Å². The van der Waals surface area contributed by atoms with Crippen molar-refractivity contribution in [2.45, 2.75) is 26.7 Å². The number of benzene rings is 2. The van der Waals surface area contributed by atoms with Crippen LogP contribution in [0.3, 0.4) is 0 Å². The van der Waals surface area contributed by atoms with Gasteiger partial charge in [-0.05, 0) is 43.2 Å². The second kappa shape index (κ2) is 8.57. The Balaban J connectivity index is 1.47. The summed E-state index contributed by atoms with van der Waals surface area (Å²) in [5.41, 5.74) is 4.31. The van der Waals surface area contributed by atoms with Gasteiger partial charge in [0.1, 0.15) is 11.6 Å². The number of piperazine rings is 1. The SMILES string of the molecule is CCc1c(C)nc2nc(Cc3cccc(F)c3)nn2c1N1CCN(c2ccccc2)CC1. The van der Waals surface area contributed by atoms with Gasteiger partial charge in [-0.1, -0.05) is 37.3 Å². The molecule has 0 unspecified atom stereocenters. The van der Waals surface area contributed by atoms with Gasteiger partial charge in [0.25, 0.3) is 5.78 Å². The Hall–Kier alpha value is -3.48. The van der Waals surface area contributed by atoms with Gasteiger partial charge in [-0.25, -0.2) is 9.37 Å². The minimum absolute atomic E-state index is 0.245. The molecule has 1 aliphatic heterocycles. The minimum atomic E-state index is -0.245. The van der Waals surface area contributed by atoms with Crippen LogP contribution in [0, 0.1) is 12.7 Å². The van der Waals surface area contributed by atoms with Gasteiger partial charge in [0, 0.05) is 49.5 Å². The van der Waals surface area contributed by atoms with E-state index in [1.807, 2.05) is 17.5 Å². The average Bonchev–Trinajstić information content (AvgIpc) is 3.20. The molecule has 0 aliphatic carbocycles. The first-order valence-corrected chi connectivity index (χ1v) is 11.2. The molecule has 0 atom stereocenters. The molecule has 0 spiro atoms. The van der Waals surface area contributed by atoms with E-state index in [9.17, 15) is 4.39 Å². The predicted octanol–water partition coefficient (Wildman–Crippen LogP) is 4.05. The molecule has 2 aromatic carbocycles. The predicted molar refractivity (Wildman–Crippen MR) is 125 cm³/mol. The molecule has 0 bridgehead atoms. The third-order valence-electron chi connectivity index (χ3n) is 6.11. The van der Waals surface area contributed by atoms with Crippen molar-refractivity contribution in [3.8, 4) is 0 Å². The van der Waals surface area contributed by atoms with Crippen LogP contribution in [0.15, 0.2) is 54.6 Å². The number of aromatic nitrogens is 4. The van der Waals surface area contributed by atoms with Crippen LogP contribution in [0.5, 0.6) is 0 Å². The molecule has 2 aromatic heterocycles. The summed E-state index contributed by atoms with van der Waals surface area (Å²) < 4.78 is 15.5. The number of fused-ring (bicyclic) bond motifs is 1. The van der Waals surface area contributed by atoms with Crippen molar-refractivity contribution in [2.75, 3.05) is 36.0 Å². The fourth-order valence-corrected chi connectivity index (χ4v) is 4.53. The van der Waals surface area contributed by atoms with E-state index >= 15 is 0 Å². The van der Waals surface area contributed by atoms with E-state index in [2.05, 4.69) is 52.0 Å². The smallest absolute Gasteiger partial charge is 0.254 e. The monoisotopic (exact) mass is 430 g/mol. The average molecular weight is 431 g/mol. The van der Waals surface area contributed by atoms with Crippen LogP contribution in [-0.4, -0.2) is 45.8 Å². The van der Waals surface area contributed by atoms with Crippen molar-refractivity contribution in [3.63, 3.8) is 0 Å². The number of halogens is 1. The number of hydrogen-bond donors (Lipinski definition) is 0. The van der Waals surface area contributed by atoms with E-state index in [4.69, 9.17) is 10.1 Å². The van der Waals surface area contributed by atoms with Crippen molar-refractivity contribution in [1.82, 2.24) is 19.6 Å². The lowest BCUT2D eigenvalue weighted by Gasteiger charge is -2.38. The summed E-state index contributed by atoms with van der Waals surface area (Å²) in [6, 6.07) is 17.2. The topological polar surface area (TPSA) is 49.6 Å². The first-order chi connectivity index (χ1) is 15.6. The molecular weight excluding hydrogens is 403 g/mol. The molecule has 3 heterocycles. The van der Waals surface area contributed by atoms with Gasteiger partial charge in [-0.15, -0.1) is 5.10 Å². The fraction of sp³-hybridized carbons (Fsp3) is 0.320. The number of hydrogen-bond acceptors (Lipinski definition) is 5. The third kappa shape index (κ3) is 3.90. The highest BCUT2D eigenvalue weighted by Crippen LogP contribution is 2.27. The van der Waals surface area contributed by atoms with Gasteiger partial charge in [0.05, 0.1) is 0 Å². The van der Waals surface area contributed by atoms with Crippen molar-refractivity contribution in [3.05, 3.63) is 83.1 Å². The van der Waals surface area contributed by atoms with E-state index in [-0.39, 0.29) is 5.82 Å². The first kappa shape index (κ1) is 20.4. The van der Waals surface area contributed by atoms with Crippen molar-refractivity contribution >= 4 is 17.3 Å². The summed E-state index contributed by atoms with van der Waals surface area (Å²) in [5.74, 6) is 2.10. The maximum absolute atomic E-state index is 13.6. The number of rotatable bonds is 5. The zero-order valence-electron chi connectivity index (χ0n) is 18.5. The lowest BCUT2D eigenvalue weighted by molar-refractivity contribution is 0.625. The first-order valence-electron chi connectivity index (χ1n) is 11.2. The van der Waals surface area contributed by atoms with Crippen LogP contribution in [0.2, 0.25) is 0 Å². The summed E-state index contributed by atoms with van der Waals surface area (Å²) >= 11 is 0. The van der Waals surface area contributed by atoms with Gasteiger partial charge < -0.3 is 9.80 Å². The van der Waals surface area contributed by atoms with Crippen molar-refractivity contribution < 1.29 is 4.39 Å². The standard InChI is InChI=1S/C25H27FN6/c1-3-22-18(2)27-25-28-23(17-19-8-7-9-20(26)16-19)29-32(25)24(22)31-14-12-30(13-15-31)21-10-5-4-6-11-21/h4-11,16H,3,12-15,17H2,1-2H3. The molecule has 1 fully saturated rings. The van der Waals surface area contributed by atoms with Crippen LogP contribution < -0.4 is 9.80 Å². The van der Waals surface area contributed by atoms with E-state index in [0.29, 0.717) is 18.0 Å². The summed E-state index contributed by atoms with van der Waals surface area (Å²) in [5, 5.41) is 4.81. The maximum atomic E-state index is 13.6. The Bertz CT molecular complexity index is 1230. The minimum Gasteiger partial charge on any atom is -0.368 e. The molecule has 0 saturated carbocycles. The number of aryl methyl sites for hydroxylation is 1. The van der Waals surface area contributed by atoms with Crippen LogP contribution in [0.1, 0.15) is 29.6 Å². The lowest BCUT2D eigenvalue weighted by atomic mass is 10.1. The van der Waals surface area contributed by atoms with Crippen molar-refractivity contribution in [1.29, 1.82) is 0 Å². The van der Waals surface area contributed by atoms with Gasteiger partial charge in [-0.3, -0.25) is 0 Å². The number of para-hydroxylation sites is 1. The zero-order valence-corrected chi connectivity index (χ0v) is 18.5. The maximum Gasteiger partial charge on any atom is 0.254 e. The third-order valence-corrected chi connectivity index (χ3v) is 6.11. The highest BCUT2D eigenvalue weighted by molar-refractivity contribution is 5.57. The molecule has 7 heteroatoms. The second-order valence-corrected chi connectivity index (χ2v) is 8.21. The van der Waals surface area contributed by atoms with Crippen LogP contribution in [0.4, 0.5) is 15.9 Å². The molecular formula is C25H27FN6. The summed E-state index contributed by atoms with van der Waals surface area (Å²) in [4.78, 5) is 14.2. The Morgan fingerprint density at radius 2 is 1.66 bits per heavy atom. The zero-order chi connectivity index (χ0) is 22.1. The summed E-state index contributed by atoms with van der Waals surface area (Å²) in [6.07, 6.45) is 1.35. The highest BCUT2D eigenvalue weighted by Gasteiger charge is 2.24. The Labute approximate surface area is 187 Å². The molecule has 0 amide bonds. The molecule has 5 rings (SSSR count). The summed E-state index contributed by atoms with van der Waals surface area (Å²) in [7, 11) is 0. The van der Waals surface area contributed by atoms with Crippen molar-refractivity contribution in [2.24, 2.45) is 0 Å². The van der Waals surface area contributed by atoms with Crippen LogP contribution in [0.25, 0.3) is 5.78 Å². The van der Waals surface area contributed by atoms with Crippen LogP contribution in [-0.2, 0) is 12.8 Å². The summed E-state index contributed by atoms with van der Waals surface area (Å²) in [6.45, 7) is 7.90. The normalized spacial score (nSPS) is 14.3. The van der Waals surface area contributed by atoms with E-state index < -0.39 is 0 Å². The lowest BCUT2D eigenvalue weighted by Crippen LogP contribution is -2.47. The van der Waals surface area contributed by atoms with Gasteiger partial charge in [-0.2, -0.15) is 9.50 Å². The second-order valence-electron chi connectivity index (χ2n) is 8.21. The van der Waals surface area contributed by atoms with Gasteiger partial charge in [0.15, 0.2) is 5.82 Å². The molecule has 0 radical (unpaired) electrons. The Morgan fingerprint density at radius 3 is 2.38 bits per heavy atom. The number of anilines is 2. The van der Waals surface area contributed by atoms with Gasteiger partial charge >= 0.3 is 0 Å². The Kier molecular flexibility index (Phi) is 5.47. The molecule has 0 N–H and O–H groups in total. The molecule has 4 aromatic rings. The number of nitrogens with zero attached hydrogens (tertiary/aromatic N) is 6. The highest BCUT2D eigenvalue weighted by atomic mass is 19.1. The van der Waals surface area contributed by atoms with E-state index in [1.54, 1.807) is 6.07 Å². The van der Waals surface area contributed by atoms with Crippen LogP contribution >= 0.6 is 0 Å². The molecule has 1 aliphatic rings. The molecule has 1 saturated heterocycles. The molecule has 164 valence electrons. The quantitative estimate of drug-likeness (QED) is 0.478. The Morgan fingerprint density at radius 1 is 0.906 bits per heavy atom. The largest absolute Gasteiger partial charge is 0.368 e. The van der Waals surface area contributed by atoms with E-state index in [1.165, 1.54) is 23.4 Å².